The van der Waals surface area contributed by atoms with Gasteiger partial charge in [-0.05, 0) is 51.0 Å². The summed E-state index contributed by atoms with van der Waals surface area (Å²) in [7, 11) is 0. The van der Waals surface area contributed by atoms with E-state index in [1.54, 1.807) is 31.2 Å². The summed E-state index contributed by atoms with van der Waals surface area (Å²) in [6.07, 6.45) is 2.11. The SMILES string of the molecule is CCOC(=O)c1ccc(OCCCCC(=O)c2ccc(C)cc2)cc1. The summed E-state index contributed by atoms with van der Waals surface area (Å²) in [6.45, 7) is 4.68. The molecule has 0 spiro atoms. The number of carbonyl (C=O) groups is 2. The van der Waals surface area contributed by atoms with Crippen LogP contribution in [0.3, 0.4) is 0 Å². The molecule has 0 radical (unpaired) electrons. The van der Waals surface area contributed by atoms with E-state index in [0.29, 0.717) is 30.9 Å². The minimum atomic E-state index is -0.330. The maximum Gasteiger partial charge on any atom is 0.338 e. The largest absolute Gasteiger partial charge is 0.494 e. The van der Waals surface area contributed by atoms with Crippen molar-refractivity contribution >= 4 is 11.8 Å². The molecule has 132 valence electrons. The number of rotatable bonds is 9. The normalized spacial score (nSPS) is 10.3. The highest BCUT2D eigenvalue weighted by atomic mass is 16.5. The van der Waals surface area contributed by atoms with Crippen molar-refractivity contribution in [3.8, 4) is 5.75 Å². The molecule has 0 aliphatic rings. The van der Waals surface area contributed by atoms with Crippen LogP contribution < -0.4 is 4.74 Å². The van der Waals surface area contributed by atoms with Crippen molar-refractivity contribution in [1.82, 2.24) is 0 Å². The highest BCUT2D eigenvalue weighted by Gasteiger charge is 2.07. The maximum absolute atomic E-state index is 12.1. The Morgan fingerprint density at radius 3 is 2.16 bits per heavy atom. The molecule has 0 bridgehead atoms. The number of ether oxygens (including phenoxy) is 2. The van der Waals surface area contributed by atoms with Gasteiger partial charge < -0.3 is 9.47 Å². The highest BCUT2D eigenvalue weighted by Crippen LogP contribution is 2.14. The zero-order valence-corrected chi connectivity index (χ0v) is 14.8. The van der Waals surface area contributed by atoms with Crippen LogP contribution in [0.5, 0.6) is 5.75 Å². The summed E-state index contributed by atoms with van der Waals surface area (Å²) in [5, 5.41) is 0. The van der Waals surface area contributed by atoms with E-state index in [1.807, 2.05) is 31.2 Å². The number of benzene rings is 2. The van der Waals surface area contributed by atoms with Gasteiger partial charge in [0.25, 0.3) is 0 Å². The second kappa shape index (κ2) is 9.62. The lowest BCUT2D eigenvalue weighted by atomic mass is 10.0. The van der Waals surface area contributed by atoms with Crippen LogP contribution in [0, 0.1) is 6.92 Å². The van der Waals surface area contributed by atoms with Gasteiger partial charge in [-0.2, -0.15) is 0 Å². The number of unbranched alkanes of at least 4 members (excludes halogenated alkanes) is 1. The average Bonchev–Trinajstić information content (AvgIpc) is 2.62. The quantitative estimate of drug-likeness (QED) is 0.380. The van der Waals surface area contributed by atoms with Crippen LogP contribution in [0.1, 0.15) is 52.5 Å². The van der Waals surface area contributed by atoms with E-state index < -0.39 is 0 Å². The standard InChI is InChI=1S/C21H24O4/c1-3-24-21(23)18-11-13-19(14-12-18)25-15-5-4-6-20(22)17-9-7-16(2)8-10-17/h7-14H,3-6,15H2,1-2H3. The Morgan fingerprint density at radius 1 is 0.880 bits per heavy atom. The van der Waals surface area contributed by atoms with Crippen molar-refractivity contribution in [2.24, 2.45) is 0 Å². The third kappa shape index (κ3) is 6.07. The molecule has 0 N–H and O–H groups in total. The van der Waals surface area contributed by atoms with Gasteiger partial charge in [0.2, 0.25) is 0 Å². The van der Waals surface area contributed by atoms with Gasteiger partial charge >= 0.3 is 5.97 Å². The van der Waals surface area contributed by atoms with Crippen molar-refractivity contribution < 1.29 is 19.1 Å². The van der Waals surface area contributed by atoms with Crippen LogP contribution in [0.25, 0.3) is 0 Å². The first-order valence-corrected chi connectivity index (χ1v) is 8.60. The first-order valence-electron chi connectivity index (χ1n) is 8.60. The van der Waals surface area contributed by atoms with Gasteiger partial charge in [0.05, 0.1) is 18.8 Å². The first kappa shape index (κ1) is 18.7. The molecule has 0 unspecified atom stereocenters. The van der Waals surface area contributed by atoms with Gasteiger partial charge in [-0.25, -0.2) is 4.79 Å². The summed E-state index contributed by atoms with van der Waals surface area (Å²) < 4.78 is 10.6. The van der Waals surface area contributed by atoms with Crippen molar-refractivity contribution in [2.75, 3.05) is 13.2 Å². The molecule has 0 saturated heterocycles. The van der Waals surface area contributed by atoms with Gasteiger partial charge in [-0.1, -0.05) is 29.8 Å². The zero-order valence-electron chi connectivity index (χ0n) is 14.8. The third-order valence-electron chi connectivity index (χ3n) is 3.81. The summed E-state index contributed by atoms with van der Waals surface area (Å²) >= 11 is 0. The molecule has 0 aliphatic heterocycles. The van der Waals surface area contributed by atoms with Crippen LogP contribution >= 0.6 is 0 Å². The number of hydrogen-bond acceptors (Lipinski definition) is 4. The van der Waals surface area contributed by atoms with E-state index in [4.69, 9.17) is 9.47 Å². The van der Waals surface area contributed by atoms with Crippen molar-refractivity contribution in [2.45, 2.75) is 33.1 Å². The van der Waals surface area contributed by atoms with Crippen molar-refractivity contribution in [1.29, 1.82) is 0 Å². The minimum Gasteiger partial charge on any atom is -0.494 e. The molecular formula is C21H24O4. The number of esters is 1. The Balaban J connectivity index is 1.68. The third-order valence-corrected chi connectivity index (χ3v) is 3.81. The number of hydrogen-bond donors (Lipinski definition) is 0. The lowest BCUT2D eigenvalue weighted by Crippen LogP contribution is -2.05. The molecule has 0 atom stereocenters. The molecule has 2 rings (SSSR count). The van der Waals surface area contributed by atoms with E-state index in [0.717, 1.165) is 24.0 Å². The van der Waals surface area contributed by atoms with Crippen LogP contribution in [-0.2, 0) is 4.74 Å². The highest BCUT2D eigenvalue weighted by molar-refractivity contribution is 5.96. The van der Waals surface area contributed by atoms with Gasteiger partial charge in [-0.3, -0.25) is 4.79 Å². The Labute approximate surface area is 148 Å². The molecule has 0 fully saturated rings. The fraction of sp³-hybridized carbons (Fsp3) is 0.333. The number of ketones is 1. The molecule has 0 amide bonds. The average molecular weight is 340 g/mol. The summed E-state index contributed by atoms with van der Waals surface area (Å²) in [5.74, 6) is 0.542. The van der Waals surface area contributed by atoms with Crippen LogP contribution in [0.2, 0.25) is 0 Å². The number of aryl methyl sites for hydroxylation is 1. The molecule has 2 aromatic rings. The lowest BCUT2D eigenvalue weighted by molar-refractivity contribution is 0.0526. The molecule has 0 saturated carbocycles. The molecule has 0 aromatic heterocycles. The van der Waals surface area contributed by atoms with Gasteiger partial charge in [0, 0.05) is 12.0 Å². The topological polar surface area (TPSA) is 52.6 Å². The molecule has 2 aromatic carbocycles. The Morgan fingerprint density at radius 2 is 1.52 bits per heavy atom. The van der Waals surface area contributed by atoms with Gasteiger partial charge in [-0.15, -0.1) is 0 Å². The summed E-state index contributed by atoms with van der Waals surface area (Å²) in [4.78, 5) is 23.6. The Hall–Kier alpha value is -2.62. The second-order valence-electron chi connectivity index (χ2n) is 5.84. The smallest absolute Gasteiger partial charge is 0.338 e. The predicted octanol–water partition coefficient (Wildman–Crippen LogP) is 4.60. The zero-order chi connectivity index (χ0) is 18.1. The van der Waals surface area contributed by atoms with Crippen molar-refractivity contribution in [3.63, 3.8) is 0 Å². The molecule has 25 heavy (non-hydrogen) atoms. The van der Waals surface area contributed by atoms with Crippen molar-refractivity contribution in [3.05, 3.63) is 65.2 Å². The number of carbonyl (C=O) groups excluding carboxylic acids is 2. The first-order chi connectivity index (χ1) is 12.1. The predicted molar refractivity (Wildman–Crippen MR) is 97.3 cm³/mol. The Kier molecular flexibility index (Phi) is 7.20. The van der Waals surface area contributed by atoms with E-state index in [1.165, 1.54) is 0 Å². The van der Waals surface area contributed by atoms with Crippen LogP contribution in [0.15, 0.2) is 48.5 Å². The van der Waals surface area contributed by atoms with Gasteiger partial charge in [0.15, 0.2) is 5.78 Å². The molecule has 4 heteroatoms. The van der Waals surface area contributed by atoms with E-state index in [9.17, 15) is 9.59 Å². The van der Waals surface area contributed by atoms with E-state index in [-0.39, 0.29) is 11.8 Å². The fourth-order valence-corrected chi connectivity index (χ4v) is 2.36. The molecule has 0 aliphatic carbocycles. The molecular weight excluding hydrogens is 316 g/mol. The van der Waals surface area contributed by atoms with E-state index >= 15 is 0 Å². The van der Waals surface area contributed by atoms with Crippen LogP contribution in [0.4, 0.5) is 0 Å². The maximum atomic E-state index is 12.1. The van der Waals surface area contributed by atoms with Crippen LogP contribution in [-0.4, -0.2) is 25.0 Å². The Bertz CT molecular complexity index is 687. The molecule has 0 heterocycles. The lowest BCUT2D eigenvalue weighted by Gasteiger charge is -2.07. The summed E-state index contributed by atoms with van der Waals surface area (Å²) in [6, 6.07) is 14.5. The number of Topliss-reactive ketones (excluding diaryl/α,β-unsaturated/α-hetero) is 1. The monoisotopic (exact) mass is 340 g/mol. The fourth-order valence-electron chi connectivity index (χ4n) is 2.36. The van der Waals surface area contributed by atoms with E-state index in [2.05, 4.69) is 0 Å². The minimum absolute atomic E-state index is 0.166. The summed E-state index contributed by atoms with van der Waals surface area (Å²) in [5.41, 5.74) is 2.43. The van der Waals surface area contributed by atoms with Gasteiger partial charge in [0.1, 0.15) is 5.75 Å². The molecule has 4 nitrogen and oxygen atoms in total. The second-order valence-corrected chi connectivity index (χ2v) is 5.84.